The molecule has 1 amide bonds. The topological polar surface area (TPSA) is 57.4 Å². The molecular formula is C17H13F3N4O. The van der Waals surface area contributed by atoms with Crippen LogP contribution in [-0.2, 0) is 11.0 Å². The van der Waals surface area contributed by atoms with E-state index in [0.29, 0.717) is 11.4 Å². The first-order valence-electron chi connectivity index (χ1n) is 7.38. The Hall–Kier alpha value is -3.03. The minimum atomic E-state index is -4.46. The first-order chi connectivity index (χ1) is 11.9. The van der Waals surface area contributed by atoms with Gasteiger partial charge in [0.25, 0.3) is 5.91 Å². The summed E-state index contributed by atoms with van der Waals surface area (Å²) in [6, 6.07) is 12.3. The van der Waals surface area contributed by atoms with Crippen LogP contribution in [0.25, 0.3) is 0 Å². The summed E-state index contributed by atoms with van der Waals surface area (Å²) in [6.45, 7) is 1.62. The highest BCUT2D eigenvalue weighted by molar-refractivity contribution is 6.18. The van der Waals surface area contributed by atoms with Crippen molar-refractivity contribution in [3.63, 3.8) is 0 Å². The first kappa shape index (κ1) is 16.8. The van der Waals surface area contributed by atoms with Gasteiger partial charge >= 0.3 is 6.18 Å². The number of amides is 1. The van der Waals surface area contributed by atoms with Crippen molar-refractivity contribution >= 4 is 23.0 Å². The van der Waals surface area contributed by atoms with Crippen molar-refractivity contribution in [3.05, 3.63) is 60.2 Å². The van der Waals surface area contributed by atoms with E-state index >= 15 is 0 Å². The standard InChI is InChI=1S/C17H13F3N4O/c1-11-15(16(25)24(23-11)14-8-3-2-4-9-14)22-21-13-7-5-6-12(10-13)17(18,19)20/h2-10,15H,1H3. The number of rotatable bonds is 3. The fraction of sp³-hybridized carbons (Fsp3) is 0.176. The molecule has 1 aliphatic heterocycles. The first-order valence-corrected chi connectivity index (χ1v) is 7.38. The van der Waals surface area contributed by atoms with E-state index in [-0.39, 0.29) is 5.69 Å². The number of hydrazone groups is 1. The van der Waals surface area contributed by atoms with Crippen LogP contribution in [0.3, 0.4) is 0 Å². The average molecular weight is 346 g/mol. The number of hydrogen-bond acceptors (Lipinski definition) is 4. The van der Waals surface area contributed by atoms with E-state index in [1.54, 1.807) is 31.2 Å². The van der Waals surface area contributed by atoms with Crippen molar-refractivity contribution in [2.24, 2.45) is 15.3 Å². The smallest absolute Gasteiger partial charge is 0.269 e. The molecule has 25 heavy (non-hydrogen) atoms. The molecule has 0 spiro atoms. The van der Waals surface area contributed by atoms with Gasteiger partial charge in [0.15, 0.2) is 6.04 Å². The third-order valence-electron chi connectivity index (χ3n) is 3.56. The molecule has 0 radical (unpaired) electrons. The molecule has 8 heteroatoms. The quantitative estimate of drug-likeness (QED) is 0.751. The molecule has 3 rings (SSSR count). The monoisotopic (exact) mass is 346 g/mol. The summed E-state index contributed by atoms with van der Waals surface area (Å²) in [4.78, 5) is 12.4. The van der Waals surface area contributed by atoms with E-state index in [4.69, 9.17) is 0 Å². The minimum Gasteiger partial charge on any atom is -0.269 e. The molecule has 5 nitrogen and oxygen atoms in total. The summed E-state index contributed by atoms with van der Waals surface area (Å²) in [7, 11) is 0. The van der Waals surface area contributed by atoms with Crippen LogP contribution in [-0.4, -0.2) is 17.7 Å². The van der Waals surface area contributed by atoms with E-state index in [1.807, 2.05) is 6.07 Å². The maximum Gasteiger partial charge on any atom is 0.416 e. The van der Waals surface area contributed by atoms with Gasteiger partial charge in [0.05, 0.1) is 22.6 Å². The number of benzene rings is 2. The van der Waals surface area contributed by atoms with E-state index in [9.17, 15) is 18.0 Å². The lowest BCUT2D eigenvalue weighted by Gasteiger charge is -2.11. The second kappa shape index (κ2) is 6.46. The zero-order valence-electron chi connectivity index (χ0n) is 13.1. The van der Waals surface area contributed by atoms with E-state index in [0.717, 1.165) is 12.1 Å². The summed E-state index contributed by atoms with van der Waals surface area (Å²) in [5.41, 5.74) is 0.208. The number of carbonyl (C=O) groups is 1. The van der Waals surface area contributed by atoms with Crippen LogP contribution >= 0.6 is 0 Å². The Balaban J connectivity index is 1.81. The molecule has 0 saturated heterocycles. The second-order valence-electron chi connectivity index (χ2n) is 5.39. The summed E-state index contributed by atoms with van der Waals surface area (Å²) >= 11 is 0. The number of carbonyl (C=O) groups excluding carboxylic acids is 1. The van der Waals surface area contributed by atoms with Crippen molar-refractivity contribution in [3.8, 4) is 0 Å². The number of hydrogen-bond donors (Lipinski definition) is 0. The summed E-state index contributed by atoms with van der Waals surface area (Å²) in [6.07, 6.45) is -4.46. The molecule has 2 aromatic rings. The Morgan fingerprint density at radius 1 is 1.08 bits per heavy atom. The second-order valence-corrected chi connectivity index (χ2v) is 5.39. The zero-order valence-corrected chi connectivity index (χ0v) is 13.1. The maximum atomic E-state index is 12.7. The molecule has 0 N–H and O–H groups in total. The molecule has 0 aromatic heterocycles. The Labute approximate surface area is 141 Å². The predicted octanol–water partition coefficient (Wildman–Crippen LogP) is 4.58. The van der Waals surface area contributed by atoms with Crippen LogP contribution in [0.5, 0.6) is 0 Å². The molecule has 1 aliphatic rings. The van der Waals surface area contributed by atoms with Gasteiger partial charge in [0, 0.05) is 0 Å². The van der Waals surface area contributed by atoms with Crippen LogP contribution in [0.4, 0.5) is 24.5 Å². The van der Waals surface area contributed by atoms with Gasteiger partial charge in [0.1, 0.15) is 0 Å². The number of nitrogens with zero attached hydrogens (tertiary/aromatic N) is 4. The van der Waals surface area contributed by atoms with Crippen molar-refractivity contribution in [1.29, 1.82) is 0 Å². The number of para-hydroxylation sites is 1. The van der Waals surface area contributed by atoms with Gasteiger partial charge in [-0.25, -0.2) is 0 Å². The Bertz CT molecular complexity index is 846. The number of alkyl halides is 3. The highest BCUT2D eigenvalue weighted by Gasteiger charge is 2.35. The van der Waals surface area contributed by atoms with Gasteiger partial charge in [-0.05, 0) is 37.3 Å². The van der Waals surface area contributed by atoms with Gasteiger partial charge in [-0.15, -0.1) is 0 Å². The highest BCUT2D eigenvalue weighted by Crippen LogP contribution is 2.31. The van der Waals surface area contributed by atoms with Crippen molar-refractivity contribution in [2.45, 2.75) is 19.1 Å². The summed E-state index contributed by atoms with van der Waals surface area (Å²) in [5.74, 6) is -0.403. The van der Waals surface area contributed by atoms with Gasteiger partial charge in [0.2, 0.25) is 0 Å². The molecule has 2 aromatic carbocycles. The van der Waals surface area contributed by atoms with Crippen LogP contribution in [0.1, 0.15) is 12.5 Å². The van der Waals surface area contributed by atoms with Gasteiger partial charge < -0.3 is 0 Å². The van der Waals surface area contributed by atoms with E-state index in [1.165, 1.54) is 17.1 Å². The summed E-state index contributed by atoms with van der Waals surface area (Å²) < 4.78 is 38.2. The SMILES string of the molecule is CC1=NN(c2ccccc2)C(=O)C1N=Nc1cccc(C(F)(F)F)c1. The lowest BCUT2D eigenvalue weighted by atomic mass is 10.2. The summed E-state index contributed by atoms with van der Waals surface area (Å²) in [5, 5.41) is 13.0. The number of azo groups is 1. The molecule has 128 valence electrons. The molecule has 1 unspecified atom stereocenters. The molecule has 0 saturated carbocycles. The zero-order chi connectivity index (χ0) is 18.0. The van der Waals surface area contributed by atoms with Crippen molar-refractivity contribution in [2.75, 3.05) is 5.01 Å². The third-order valence-corrected chi connectivity index (χ3v) is 3.56. The highest BCUT2D eigenvalue weighted by atomic mass is 19.4. The Morgan fingerprint density at radius 2 is 1.80 bits per heavy atom. The minimum absolute atomic E-state index is 0.0218. The Kier molecular flexibility index (Phi) is 4.35. The van der Waals surface area contributed by atoms with E-state index < -0.39 is 23.7 Å². The molecule has 1 atom stereocenters. The molecule has 0 bridgehead atoms. The maximum absolute atomic E-state index is 12.7. The molecule has 1 heterocycles. The number of anilines is 1. The van der Waals surface area contributed by atoms with Gasteiger partial charge in [-0.3, -0.25) is 4.79 Å². The fourth-order valence-corrected chi connectivity index (χ4v) is 2.31. The largest absolute Gasteiger partial charge is 0.416 e. The van der Waals surface area contributed by atoms with Crippen LogP contribution in [0.2, 0.25) is 0 Å². The van der Waals surface area contributed by atoms with Gasteiger partial charge in [-0.1, -0.05) is 24.3 Å². The fourth-order valence-electron chi connectivity index (χ4n) is 2.31. The molecule has 0 fully saturated rings. The normalized spacial score (nSPS) is 18.1. The van der Waals surface area contributed by atoms with Gasteiger partial charge in [-0.2, -0.15) is 33.5 Å². The third kappa shape index (κ3) is 3.57. The lowest BCUT2D eigenvalue weighted by Crippen LogP contribution is -2.29. The molecular weight excluding hydrogens is 333 g/mol. The average Bonchev–Trinajstić information content (AvgIpc) is 2.88. The van der Waals surface area contributed by atoms with Crippen LogP contribution in [0, 0.1) is 0 Å². The van der Waals surface area contributed by atoms with Crippen LogP contribution in [0.15, 0.2) is 69.9 Å². The number of halogens is 3. The van der Waals surface area contributed by atoms with E-state index in [2.05, 4.69) is 15.3 Å². The predicted molar refractivity (Wildman–Crippen MR) is 86.8 cm³/mol. The van der Waals surface area contributed by atoms with Crippen molar-refractivity contribution < 1.29 is 18.0 Å². The molecule has 0 aliphatic carbocycles. The van der Waals surface area contributed by atoms with Crippen molar-refractivity contribution in [1.82, 2.24) is 0 Å². The van der Waals surface area contributed by atoms with Crippen LogP contribution < -0.4 is 5.01 Å². The Morgan fingerprint density at radius 3 is 2.48 bits per heavy atom. The lowest BCUT2D eigenvalue weighted by molar-refractivity contribution is -0.137.